The third kappa shape index (κ3) is 5.45. The lowest BCUT2D eigenvalue weighted by Gasteiger charge is -2.14. The minimum Gasteiger partial charge on any atom is -0.454 e. The van der Waals surface area contributed by atoms with E-state index in [2.05, 4.69) is 0 Å². The summed E-state index contributed by atoms with van der Waals surface area (Å²) in [6, 6.07) is 22.6. The monoisotopic (exact) mass is 550 g/mol. The Hall–Kier alpha value is -5.97. The molecule has 0 atom stereocenters. The van der Waals surface area contributed by atoms with Gasteiger partial charge in [0.25, 0.3) is 17.5 Å². The topological polar surface area (TPSA) is 150 Å². The lowest BCUT2D eigenvalue weighted by molar-refractivity contribution is -0.384. The van der Waals surface area contributed by atoms with Crippen molar-refractivity contribution in [3.8, 4) is 5.75 Å². The molecule has 0 saturated heterocycles. The zero-order valence-electron chi connectivity index (χ0n) is 21.0. The van der Waals surface area contributed by atoms with Crippen LogP contribution in [0.5, 0.6) is 5.75 Å². The van der Waals surface area contributed by atoms with Gasteiger partial charge in [0.05, 0.1) is 32.9 Å². The van der Waals surface area contributed by atoms with E-state index in [0.29, 0.717) is 0 Å². The molecule has 0 aliphatic carbocycles. The smallest absolute Gasteiger partial charge is 0.343 e. The second kappa shape index (κ2) is 11.0. The third-order valence-electron chi connectivity index (χ3n) is 6.17. The van der Waals surface area contributed by atoms with Gasteiger partial charge in [-0.1, -0.05) is 18.2 Å². The molecule has 41 heavy (non-hydrogen) atoms. The molecule has 1 aliphatic heterocycles. The number of rotatable bonds is 8. The number of ether oxygens (including phenoxy) is 2. The number of Topliss-reactive ketones (excluding diaryl/α,β-unsaturated/α-hetero) is 1. The van der Waals surface area contributed by atoms with Gasteiger partial charge in [-0.05, 0) is 66.7 Å². The second-order valence-electron chi connectivity index (χ2n) is 8.76. The Labute approximate surface area is 231 Å². The first-order chi connectivity index (χ1) is 19.7. The number of amides is 2. The Morgan fingerprint density at radius 3 is 1.93 bits per heavy atom. The Morgan fingerprint density at radius 2 is 1.32 bits per heavy atom. The van der Waals surface area contributed by atoms with E-state index in [1.165, 1.54) is 72.8 Å². The van der Waals surface area contributed by atoms with Crippen molar-refractivity contribution in [2.24, 2.45) is 0 Å². The summed E-state index contributed by atoms with van der Waals surface area (Å²) >= 11 is 0. The van der Waals surface area contributed by atoms with Gasteiger partial charge in [-0.3, -0.25) is 24.5 Å². The molecule has 4 aromatic rings. The number of hydrogen-bond acceptors (Lipinski definition) is 9. The first-order valence-corrected chi connectivity index (χ1v) is 12.1. The molecule has 5 rings (SSSR count). The number of carbonyl (C=O) groups excluding carboxylic acids is 5. The van der Waals surface area contributed by atoms with Gasteiger partial charge in [0, 0.05) is 17.7 Å². The molecule has 4 aromatic carbocycles. The van der Waals surface area contributed by atoms with Crippen LogP contribution >= 0.6 is 0 Å². The molecule has 1 heterocycles. The fourth-order valence-electron chi connectivity index (χ4n) is 4.09. The number of anilines is 1. The van der Waals surface area contributed by atoms with Crippen LogP contribution in [0.4, 0.5) is 11.4 Å². The van der Waals surface area contributed by atoms with E-state index < -0.39 is 41.1 Å². The molecule has 0 saturated carbocycles. The summed E-state index contributed by atoms with van der Waals surface area (Å²) in [5.41, 5.74) is 0.894. The molecule has 0 N–H and O–H groups in total. The third-order valence-corrected chi connectivity index (χ3v) is 6.17. The van der Waals surface area contributed by atoms with Crippen molar-refractivity contribution in [2.75, 3.05) is 11.5 Å². The summed E-state index contributed by atoms with van der Waals surface area (Å²) in [7, 11) is 0. The highest BCUT2D eigenvalue weighted by molar-refractivity contribution is 6.34. The predicted octanol–water partition coefficient (Wildman–Crippen LogP) is 4.65. The molecule has 11 heteroatoms. The largest absolute Gasteiger partial charge is 0.454 e. The maximum absolute atomic E-state index is 12.7. The summed E-state index contributed by atoms with van der Waals surface area (Å²) in [6.45, 7) is -0.585. The molecule has 0 bridgehead atoms. The van der Waals surface area contributed by atoms with Gasteiger partial charge in [-0.2, -0.15) is 0 Å². The summed E-state index contributed by atoms with van der Waals surface area (Å²) in [6.07, 6.45) is 0. The number of nitro benzene ring substituents is 1. The SMILES string of the molecule is O=C(COC(=O)c1cccc(N2C(=O)c3ccccc3C2=O)c1)c1ccc(OC(=O)c2ccc([N+](=O)[O-])cc2)cc1. The van der Waals surface area contributed by atoms with E-state index in [4.69, 9.17) is 9.47 Å². The number of carbonyl (C=O) groups is 5. The Bertz CT molecular complexity index is 1690. The summed E-state index contributed by atoms with van der Waals surface area (Å²) in [4.78, 5) is 74.1. The fourth-order valence-corrected chi connectivity index (χ4v) is 4.09. The Balaban J connectivity index is 1.18. The van der Waals surface area contributed by atoms with Crippen molar-refractivity contribution in [3.05, 3.63) is 135 Å². The van der Waals surface area contributed by atoms with Gasteiger partial charge in [0.15, 0.2) is 12.4 Å². The zero-order chi connectivity index (χ0) is 29.1. The Morgan fingerprint density at radius 1 is 0.707 bits per heavy atom. The van der Waals surface area contributed by atoms with Gasteiger partial charge in [-0.25, -0.2) is 14.5 Å². The van der Waals surface area contributed by atoms with Crippen molar-refractivity contribution >= 4 is 40.9 Å². The molecule has 0 fully saturated rings. The minimum absolute atomic E-state index is 0.0420. The molecule has 0 aromatic heterocycles. The van der Waals surface area contributed by atoms with Gasteiger partial charge < -0.3 is 9.47 Å². The predicted molar refractivity (Wildman–Crippen MR) is 143 cm³/mol. The molecule has 202 valence electrons. The van der Waals surface area contributed by atoms with E-state index >= 15 is 0 Å². The van der Waals surface area contributed by atoms with Crippen LogP contribution in [0.2, 0.25) is 0 Å². The van der Waals surface area contributed by atoms with Crippen LogP contribution in [0.25, 0.3) is 0 Å². The normalized spacial score (nSPS) is 12.0. The number of esters is 2. The number of hydrogen-bond donors (Lipinski definition) is 0. The number of nitrogens with zero attached hydrogens (tertiary/aromatic N) is 2. The average molecular weight is 550 g/mol. The van der Waals surface area contributed by atoms with Crippen LogP contribution in [-0.4, -0.2) is 41.1 Å². The standard InChI is InChI=1S/C30H18N2O9/c33-26(18-10-14-23(15-11-18)41-30(37)19-8-12-21(13-9-19)32(38)39)17-40-29(36)20-4-3-5-22(16-20)31-27(34)24-6-1-2-7-25(24)28(31)35/h1-16H,17H2. The Kier molecular flexibility index (Phi) is 7.16. The van der Waals surface area contributed by atoms with Crippen molar-refractivity contribution in [1.29, 1.82) is 0 Å². The fraction of sp³-hybridized carbons (Fsp3) is 0.0333. The summed E-state index contributed by atoms with van der Waals surface area (Å²) in [5, 5.41) is 10.7. The average Bonchev–Trinajstić information content (AvgIpc) is 3.25. The first kappa shape index (κ1) is 26.6. The number of ketones is 1. The van der Waals surface area contributed by atoms with E-state index in [9.17, 15) is 34.1 Å². The van der Waals surface area contributed by atoms with Gasteiger partial charge in [0.1, 0.15) is 5.75 Å². The van der Waals surface area contributed by atoms with Crippen molar-refractivity contribution in [3.63, 3.8) is 0 Å². The zero-order valence-corrected chi connectivity index (χ0v) is 21.0. The van der Waals surface area contributed by atoms with Crippen molar-refractivity contribution in [1.82, 2.24) is 0 Å². The van der Waals surface area contributed by atoms with Crippen LogP contribution in [0.3, 0.4) is 0 Å². The highest BCUT2D eigenvalue weighted by atomic mass is 16.6. The van der Waals surface area contributed by atoms with E-state index in [1.54, 1.807) is 24.3 Å². The molecule has 11 nitrogen and oxygen atoms in total. The number of nitro groups is 1. The number of non-ortho nitro benzene ring substituents is 1. The highest BCUT2D eigenvalue weighted by Gasteiger charge is 2.36. The van der Waals surface area contributed by atoms with Crippen LogP contribution in [0, 0.1) is 10.1 Å². The number of imide groups is 1. The van der Waals surface area contributed by atoms with E-state index in [-0.39, 0.29) is 44.9 Å². The van der Waals surface area contributed by atoms with Crippen molar-refractivity contribution < 1.29 is 38.4 Å². The molecule has 0 unspecified atom stereocenters. The van der Waals surface area contributed by atoms with Crippen molar-refractivity contribution in [2.45, 2.75) is 0 Å². The molecular formula is C30H18N2O9. The summed E-state index contributed by atoms with van der Waals surface area (Å²) in [5.74, 6) is -2.97. The van der Waals surface area contributed by atoms with Crippen LogP contribution < -0.4 is 9.64 Å². The van der Waals surface area contributed by atoms with Crippen LogP contribution in [0.15, 0.2) is 97.1 Å². The molecule has 0 radical (unpaired) electrons. The maximum atomic E-state index is 12.7. The van der Waals surface area contributed by atoms with Crippen LogP contribution in [-0.2, 0) is 4.74 Å². The van der Waals surface area contributed by atoms with Gasteiger partial charge >= 0.3 is 11.9 Å². The number of fused-ring (bicyclic) bond motifs is 1. The van der Waals surface area contributed by atoms with Gasteiger partial charge in [-0.15, -0.1) is 0 Å². The first-order valence-electron chi connectivity index (χ1n) is 12.1. The van der Waals surface area contributed by atoms with E-state index in [1.807, 2.05) is 0 Å². The molecule has 2 amide bonds. The minimum atomic E-state index is -0.828. The molecule has 1 aliphatic rings. The van der Waals surface area contributed by atoms with E-state index in [0.717, 1.165) is 4.90 Å². The molecule has 0 spiro atoms. The van der Waals surface area contributed by atoms with Crippen LogP contribution in [0.1, 0.15) is 51.8 Å². The second-order valence-corrected chi connectivity index (χ2v) is 8.76. The lowest BCUT2D eigenvalue weighted by atomic mass is 10.1. The molecular weight excluding hydrogens is 532 g/mol. The highest BCUT2D eigenvalue weighted by Crippen LogP contribution is 2.29. The lowest BCUT2D eigenvalue weighted by Crippen LogP contribution is -2.29. The quantitative estimate of drug-likeness (QED) is 0.0762. The summed E-state index contributed by atoms with van der Waals surface area (Å²) < 4.78 is 10.4. The van der Waals surface area contributed by atoms with Gasteiger partial charge in [0.2, 0.25) is 0 Å². The maximum Gasteiger partial charge on any atom is 0.343 e. The number of benzene rings is 4.